The monoisotopic (exact) mass is 374 g/mol. The number of thioether (sulfide) groups is 1. The number of carbonyl (C=O) groups is 2. The molecule has 0 aliphatic carbocycles. The lowest BCUT2D eigenvalue weighted by molar-refractivity contribution is 0.135. The Kier molecular flexibility index (Phi) is 5.09. The predicted octanol–water partition coefficient (Wildman–Crippen LogP) is 2.97. The molecular weight excluding hydrogens is 360 g/mol. The molecular formula is C16H14N4O5S. The molecule has 1 N–H and O–H groups in total. The van der Waals surface area contributed by atoms with Crippen LogP contribution in [0.25, 0.3) is 0 Å². The number of nitrogens with zero attached hydrogens (tertiary/aromatic N) is 4. The van der Waals surface area contributed by atoms with E-state index in [4.69, 9.17) is 9.26 Å². The first-order valence-corrected chi connectivity index (χ1v) is 8.51. The number of carbonyl (C=O) groups excluding carboxylic acids is 1. The van der Waals surface area contributed by atoms with Crippen molar-refractivity contribution >= 4 is 23.9 Å². The SMILES string of the molecule is Cc1ccc(C#N)c(SC(C[C@H]2COC(=O)N2C(=O)O)c2ccon2)n1. The van der Waals surface area contributed by atoms with Crippen molar-refractivity contribution < 1.29 is 24.0 Å². The van der Waals surface area contributed by atoms with Crippen LogP contribution in [-0.4, -0.2) is 45.0 Å². The molecule has 10 heteroatoms. The number of amides is 2. The molecule has 2 aromatic heterocycles. The van der Waals surface area contributed by atoms with Crippen molar-refractivity contribution in [3.63, 3.8) is 0 Å². The highest BCUT2D eigenvalue weighted by Gasteiger charge is 2.40. The molecule has 1 unspecified atom stereocenters. The molecule has 2 aromatic rings. The van der Waals surface area contributed by atoms with Gasteiger partial charge in [0.2, 0.25) is 0 Å². The maximum absolute atomic E-state index is 11.6. The molecule has 0 radical (unpaired) electrons. The van der Waals surface area contributed by atoms with E-state index < -0.39 is 18.2 Å². The molecule has 1 saturated heterocycles. The van der Waals surface area contributed by atoms with Gasteiger partial charge in [-0.05, 0) is 25.5 Å². The van der Waals surface area contributed by atoms with Gasteiger partial charge in [0.1, 0.15) is 24.0 Å². The highest BCUT2D eigenvalue weighted by Crippen LogP contribution is 2.40. The van der Waals surface area contributed by atoms with Gasteiger partial charge in [0.25, 0.3) is 0 Å². The van der Waals surface area contributed by atoms with E-state index in [1.165, 1.54) is 18.0 Å². The molecule has 0 aromatic carbocycles. The predicted molar refractivity (Wildman–Crippen MR) is 88.4 cm³/mol. The minimum absolute atomic E-state index is 0.0353. The zero-order valence-corrected chi connectivity index (χ0v) is 14.5. The minimum Gasteiger partial charge on any atom is -0.465 e. The summed E-state index contributed by atoms with van der Waals surface area (Å²) in [4.78, 5) is 28.0. The van der Waals surface area contributed by atoms with Gasteiger partial charge in [-0.15, -0.1) is 0 Å². The van der Waals surface area contributed by atoms with Crippen molar-refractivity contribution in [2.75, 3.05) is 6.61 Å². The highest BCUT2D eigenvalue weighted by molar-refractivity contribution is 7.99. The molecule has 9 nitrogen and oxygen atoms in total. The molecule has 1 aliphatic rings. The van der Waals surface area contributed by atoms with Crippen LogP contribution in [0.2, 0.25) is 0 Å². The zero-order valence-electron chi connectivity index (χ0n) is 13.7. The van der Waals surface area contributed by atoms with Crippen molar-refractivity contribution in [1.82, 2.24) is 15.0 Å². The summed E-state index contributed by atoms with van der Waals surface area (Å²) in [5, 5.41) is 22.6. The summed E-state index contributed by atoms with van der Waals surface area (Å²) in [5.74, 6) is 0. The first-order chi connectivity index (χ1) is 12.5. The smallest absolute Gasteiger partial charge is 0.419 e. The molecule has 0 spiro atoms. The van der Waals surface area contributed by atoms with Gasteiger partial charge in [0.05, 0.1) is 22.5 Å². The van der Waals surface area contributed by atoms with Gasteiger partial charge in [-0.1, -0.05) is 16.9 Å². The van der Waals surface area contributed by atoms with E-state index in [1.807, 2.05) is 6.92 Å². The lowest BCUT2D eigenvalue weighted by Gasteiger charge is -2.21. The first kappa shape index (κ1) is 17.8. The Morgan fingerprint density at radius 3 is 3.00 bits per heavy atom. The molecule has 0 bridgehead atoms. The summed E-state index contributed by atoms with van der Waals surface area (Å²) in [6, 6.07) is 6.50. The van der Waals surface area contributed by atoms with Crippen molar-refractivity contribution in [2.45, 2.75) is 29.7 Å². The lowest BCUT2D eigenvalue weighted by Crippen LogP contribution is -2.38. The summed E-state index contributed by atoms with van der Waals surface area (Å²) >= 11 is 1.27. The van der Waals surface area contributed by atoms with Crippen molar-refractivity contribution in [3.8, 4) is 6.07 Å². The van der Waals surface area contributed by atoms with Crippen molar-refractivity contribution in [2.24, 2.45) is 0 Å². The largest absolute Gasteiger partial charge is 0.465 e. The van der Waals surface area contributed by atoms with E-state index in [9.17, 15) is 20.0 Å². The van der Waals surface area contributed by atoms with Crippen LogP contribution >= 0.6 is 11.8 Å². The van der Waals surface area contributed by atoms with Crippen LogP contribution in [0.1, 0.15) is 28.6 Å². The number of carboxylic acid groups (broad SMARTS) is 1. The van der Waals surface area contributed by atoms with Crippen molar-refractivity contribution in [1.29, 1.82) is 5.26 Å². The van der Waals surface area contributed by atoms with Gasteiger partial charge in [0.15, 0.2) is 0 Å². The molecule has 2 atom stereocenters. The highest BCUT2D eigenvalue weighted by atomic mass is 32.2. The molecule has 3 rings (SSSR count). The van der Waals surface area contributed by atoms with E-state index in [2.05, 4.69) is 16.2 Å². The van der Waals surface area contributed by atoms with Crippen LogP contribution in [-0.2, 0) is 4.74 Å². The van der Waals surface area contributed by atoms with E-state index >= 15 is 0 Å². The van der Waals surface area contributed by atoms with E-state index in [-0.39, 0.29) is 18.3 Å². The maximum atomic E-state index is 11.6. The third kappa shape index (κ3) is 3.62. The van der Waals surface area contributed by atoms with Crippen LogP contribution in [0, 0.1) is 18.3 Å². The lowest BCUT2D eigenvalue weighted by atomic mass is 10.1. The molecule has 3 heterocycles. The Bertz CT molecular complexity index is 864. The number of pyridine rings is 1. The Labute approximate surface area is 152 Å². The number of imide groups is 1. The number of aromatic nitrogens is 2. The number of hydrogen-bond donors (Lipinski definition) is 1. The van der Waals surface area contributed by atoms with E-state index in [0.717, 1.165) is 5.69 Å². The fraction of sp³-hybridized carbons (Fsp3) is 0.312. The average Bonchev–Trinajstić information content (AvgIpc) is 3.24. The second-order valence-electron chi connectivity index (χ2n) is 5.57. The number of aryl methyl sites for hydroxylation is 1. The third-order valence-electron chi connectivity index (χ3n) is 3.81. The Hall–Kier alpha value is -3.06. The van der Waals surface area contributed by atoms with Crippen LogP contribution < -0.4 is 0 Å². The maximum Gasteiger partial charge on any atom is 0.419 e. The summed E-state index contributed by atoms with van der Waals surface area (Å²) in [6.07, 6.45) is -0.607. The van der Waals surface area contributed by atoms with Crippen molar-refractivity contribution in [3.05, 3.63) is 41.4 Å². The minimum atomic E-state index is -1.37. The summed E-state index contributed by atoms with van der Waals surface area (Å²) in [7, 11) is 0. The molecule has 1 fully saturated rings. The van der Waals surface area contributed by atoms with Gasteiger partial charge in [0, 0.05) is 11.8 Å². The summed E-state index contributed by atoms with van der Waals surface area (Å²) in [6.45, 7) is 1.78. The number of cyclic esters (lactones) is 1. The molecule has 134 valence electrons. The normalized spacial score (nSPS) is 17.6. The van der Waals surface area contributed by atoms with Gasteiger partial charge in [-0.2, -0.15) is 5.26 Å². The van der Waals surface area contributed by atoms with Gasteiger partial charge in [-0.3, -0.25) is 0 Å². The molecule has 1 aliphatic heterocycles. The Morgan fingerprint density at radius 2 is 2.35 bits per heavy atom. The number of ether oxygens (including phenoxy) is 1. The average molecular weight is 374 g/mol. The third-order valence-corrected chi connectivity index (χ3v) is 5.07. The Morgan fingerprint density at radius 1 is 1.54 bits per heavy atom. The zero-order chi connectivity index (χ0) is 18.7. The fourth-order valence-electron chi connectivity index (χ4n) is 2.58. The quantitative estimate of drug-likeness (QED) is 0.785. The van der Waals surface area contributed by atoms with Crippen LogP contribution in [0.3, 0.4) is 0 Å². The molecule has 26 heavy (non-hydrogen) atoms. The number of nitriles is 1. The second kappa shape index (κ2) is 7.45. The molecule has 2 amide bonds. The first-order valence-electron chi connectivity index (χ1n) is 7.63. The number of hydrogen-bond acceptors (Lipinski definition) is 8. The van der Waals surface area contributed by atoms with Crippen LogP contribution in [0.5, 0.6) is 0 Å². The standard InChI is InChI=1S/C16H14N4O5S/c1-9-2-3-10(7-17)14(18-9)26-13(12-4-5-25-19-12)6-11-8-24-16(23)20(11)15(21)22/h2-5,11,13H,6,8H2,1H3,(H,21,22)/t11-,13?/m0/s1. The van der Waals surface area contributed by atoms with Crippen LogP contribution in [0.4, 0.5) is 9.59 Å². The summed E-state index contributed by atoms with van der Waals surface area (Å²) < 4.78 is 9.75. The topological polar surface area (TPSA) is 130 Å². The van der Waals surface area contributed by atoms with Crippen LogP contribution in [0.15, 0.2) is 34.0 Å². The van der Waals surface area contributed by atoms with Gasteiger partial charge < -0.3 is 14.4 Å². The van der Waals surface area contributed by atoms with Gasteiger partial charge in [-0.25, -0.2) is 19.5 Å². The van der Waals surface area contributed by atoms with E-state index in [1.54, 1.807) is 18.2 Å². The van der Waals surface area contributed by atoms with E-state index in [0.29, 0.717) is 21.2 Å². The number of rotatable bonds is 5. The van der Waals surface area contributed by atoms with Gasteiger partial charge >= 0.3 is 12.2 Å². The Balaban J connectivity index is 1.88. The second-order valence-corrected chi connectivity index (χ2v) is 6.76. The fourth-order valence-corrected chi connectivity index (χ4v) is 3.84. The molecule has 0 saturated carbocycles. The summed E-state index contributed by atoms with van der Waals surface area (Å²) in [5.41, 5.74) is 1.71.